The summed E-state index contributed by atoms with van der Waals surface area (Å²) in [7, 11) is 0. The van der Waals surface area contributed by atoms with E-state index in [1.165, 1.54) is 6.07 Å². The average Bonchev–Trinajstić information content (AvgIpc) is 2.37. The number of carbonyl (C=O) groups is 2. The Balaban J connectivity index is 3.31. The maximum Gasteiger partial charge on any atom is 0.326 e. The molecule has 4 nitrogen and oxygen atoms in total. The predicted molar refractivity (Wildman–Crippen MR) is 76.1 cm³/mol. The molecule has 0 heterocycles. The van der Waals surface area contributed by atoms with Gasteiger partial charge < -0.3 is 9.84 Å². The fourth-order valence-electron chi connectivity index (χ4n) is 1.51. The zero-order chi connectivity index (χ0) is 14.7. The van der Waals surface area contributed by atoms with Gasteiger partial charge in [0.25, 0.3) is 0 Å². The number of carbonyl (C=O) groups excluding carboxylic acids is 2. The zero-order valence-electron chi connectivity index (χ0n) is 10.8. The van der Waals surface area contributed by atoms with Gasteiger partial charge in [-0.15, -0.1) is 11.6 Å². The van der Waals surface area contributed by atoms with Crippen molar-refractivity contribution in [3.8, 4) is 11.5 Å². The van der Waals surface area contributed by atoms with Crippen molar-refractivity contribution in [3.05, 3.63) is 21.7 Å². The van der Waals surface area contributed by atoms with Crippen LogP contribution in [0.2, 0.25) is 0 Å². The van der Waals surface area contributed by atoms with Gasteiger partial charge in [-0.05, 0) is 34.5 Å². The van der Waals surface area contributed by atoms with Gasteiger partial charge in [-0.1, -0.05) is 13.8 Å². The van der Waals surface area contributed by atoms with E-state index in [9.17, 15) is 14.7 Å². The summed E-state index contributed by atoms with van der Waals surface area (Å²) < 4.78 is 5.19. The maximum absolute atomic E-state index is 11.9. The van der Waals surface area contributed by atoms with E-state index in [0.29, 0.717) is 5.56 Å². The van der Waals surface area contributed by atoms with Gasteiger partial charge in [-0.3, -0.25) is 9.59 Å². The first kappa shape index (κ1) is 16.0. The molecule has 0 aliphatic carbocycles. The second-order valence-electron chi connectivity index (χ2n) is 4.36. The Morgan fingerprint density at radius 2 is 2.05 bits per heavy atom. The van der Waals surface area contributed by atoms with Crippen LogP contribution in [0.25, 0.3) is 0 Å². The van der Waals surface area contributed by atoms with Crippen molar-refractivity contribution in [2.24, 2.45) is 5.92 Å². The predicted octanol–water partition coefficient (Wildman–Crippen LogP) is 3.45. The third-order valence-corrected chi connectivity index (χ3v) is 3.45. The lowest BCUT2D eigenvalue weighted by Crippen LogP contribution is -2.12. The highest BCUT2D eigenvalue weighted by atomic mass is 79.9. The Morgan fingerprint density at radius 3 is 2.53 bits per heavy atom. The third-order valence-electron chi connectivity index (χ3n) is 2.50. The molecule has 19 heavy (non-hydrogen) atoms. The molecule has 0 saturated carbocycles. The normalized spacial score (nSPS) is 10.6. The van der Waals surface area contributed by atoms with E-state index in [-0.39, 0.29) is 39.1 Å². The number of phenolic OH excluding ortho intramolecular Hbond substituents is 1. The number of alkyl halides is 1. The second-order valence-corrected chi connectivity index (χ2v) is 5.42. The van der Waals surface area contributed by atoms with E-state index in [4.69, 9.17) is 16.3 Å². The molecular formula is C13H14BrClO4. The summed E-state index contributed by atoms with van der Waals surface area (Å²) in [4.78, 5) is 23.2. The highest BCUT2D eigenvalue weighted by Crippen LogP contribution is 2.40. The summed E-state index contributed by atoms with van der Waals surface area (Å²) in [6.07, 6.45) is 0. The summed E-state index contributed by atoms with van der Waals surface area (Å²) in [6, 6.07) is 1.50. The highest BCUT2D eigenvalue weighted by molar-refractivity contribution is 9.10. The first-order valence-corrected chi connectivity index (χ1v) is 6.95. The van der Waals surface area contributed by atoms with Crippen LogP contribution in [0.1, 0.15) is 29.8 Å². The SMILES string of the molecule is Cc1cc(C(=O)C(C)C)c(O)c(Br)c1OC(=O)CCl. The van der Waals surface area contributed by atoms with Crippen LogP contribution in [0.3, 0.4) is 0 Å². The standard InChI is InChI=1S/C13H14BrClO4/c1-6(2)11(17)8-4-7(3)13(10(14)12(8)18)19-9(16)5-15/h4,6,18H,5H2,1-3H3. The van der Waals surface area contributed by atoms with Crippen molar-refractivity contribution in [2.75, 3.05) is 5.88 Å². The van der Waals surface area contributed by atoms with Gasteiger partial charge in [0.1, 0.15) is 16.1 Å². The van der Waals surface area contributed by atoms with Crippen LogP contribution < -0.4 is 4.74 Å². The molecule has 0 aromatic heterocycles. The largest absolute Gasteiger partial charge is 0.506 e. The molecule has 0 radical (unpaired) electrons. The molecule has 0 spiro atoms. The summed E-state index contributed by atoms with van der Waals surface area (Å²) in [6.45, 7) is 5.16. The fourth-order valence-corrected chi connectivity index (χ4v) is 2.18. The Hall–Kier alpha value is -1.07. The van der Waals surface area contributed by atoms with Crippen molar-refractivity contribution in [1.82, 2.24) is 0 Å². The number of hydrogen-bond acceptors (Lipinski definition) is 4. The van der Waals surface area contributed by atoms with E-state index < -0.39 is 5.97 Å². The lowest BCUT2D eigenvalue weighted by atomic mass is 9.98. The van der Waals surface area contributed by atoms with Crippen LogP contribution in [0.4, 0.5) is 0 Å². The number of phenols is 1. The Kier molecular flexibility index (Phi) is 5.38. The van der Waals surface area contributed by atoms with E-state index in [2.05, 4.69) is 15.9 Å². The number of ether oxygens (including phenoxy) is 1. The molecule has 0 bridgehead atoms. The summed E-state index contributed by atoms with van der Waals surface area (Å²) in [5.74, 6) is -1.41. The first-order chi connectivity index (χ1) is 8.79. The maximum atomic E-state index is 11.9. The van der Waals surface area contributed by atoms with Crippen molar-refractivity contribution >= 4 is 39.3 Å². The third kappa shape index (κ3) is 3.48. The number of esters is 1. The molecule has 1 aromatic carbocycles. The summed E-state index contributed by atoms with van der Waals surface area (Å²) >= 11 is 8.50. The Labute approximate surface area is 124 Å². The number of halogens is 2. The minimum absolute atomic E-state index is 0.170. The highest BCUT2D eigenvalue weighted by Gasteiger charge is 2.22. The summed E-state index contributed by atoms with van der Waals surface area (Å²) in [5, 5.41) is 10.0. The molecule has 1 aromatic rings. The van der Waals surface area contributed by atoms with Crippen LogP contribution in [0, 0.1) is 12.8 Å². The van der Waals surface area contributed by atoms with Crippen LogP contribution >= 0.6 is 27.5 Å². The van der Waals surface area contributed by atoms with E-state index in [1.54, 1.807) is 20.8 Å². The topological polar surface area (TPSA) is 63.6 Å². The number of rotatable bonds is 4. The van der Waals surface area contributed by atoms with Crippen LogP contribution in [0.15, 0.2) is 10.5 Å². The molecule has 0 saturated heterocycles. The Morgan fingerprint density at radius 1 is 1.47 bits per heavy atom. The quantitative estimate of drug-likeness (QED) is 0.391. The molecule has 6 heteroatoms. The number of aryl methyl sites for hydroxylation is 1. The van der Waals surface area contributed by atoms with Crippen LogP contribution in [-0.2, 0) is 4.79 Å². The van der Waals surface area contributed by atoms with E-state index >= 15 is 0 Å². The van der Waals surface area contributed by atoms with Gasteiger partial charge in [-0.2, -0.15) is 0 Å². The van der Waals surface area contributed by atoms with Gasteiger partial charge in [0.15, 0.2) is 11.5 Å². The van der Waals surface area contributed by atoms with Crippen LogP contribution in [-0.4, -0.2) is 22.7 Å². The number of aromatic hydroxyl groups is 1. The lowest BCUT2D eigenvalue weighted by molar-refractivity contribution is -0.131. The molecule has 0 atom stereocenters. The van der Waals surface area contributed by atoms with Gasteiger partial charge >= 0.3 is 5.97 Å². The molecule has 0 amide bonds. The first-order valence-electron chi connectivity index (χ1n) is 5.62. The fraction of sp³-hybridized carbons (Fsp3) is 0.385. The Bertz CT molecular complexity index is 526. The minimum atomic E-state index is -0.632. The smallest absolute Gasteiger partial charge is 0.326 e. The van der Waals surface area contributed by atoms with Crippen molar-refractivity contribution in [3.63, 3.8) is 0 Å². The van der Waals surface area contributed by atoms with Crippen molar-refractivity contribution in [1.29, 1.82) is 0 Å². The molecule has 0 aliphatic heterocycles. The van der Waals surface area contributed by atoms with Gasteiger partial charge in [0.05, 0.1) is 5.56 Å². The van der Waals surface area contributed by atoms with Gasteiger partial charge in [0.2, 0.25) is 0 Å². The summed E-state index contributed by atoms with van der Waals surface area (Å²) in [5.41, 5.74) is 0.761. The zero-order valence-corrected chi connectivity index (χ0v) is 13.1. The molecule has 0 fully saturated rings. The number of ketones is 1. The van der Waals surface area contributed by atoms with Gasteiger partial charge in [-0.25, -0.2) is 0 Å². The molecular weight excluding hydrogens is 335 g/mol. The van der Waals surface area contributed by atoms with Crippen molar-refractivity contribution in [2.45, 2.75) is 20.8 Å². The van der Waals surface area contributed by atoms with Gasteiger partial charge in [0, 0.05) is 5.92 Å². The van der Waals surface area contributed by atoms with Crippen LogP contribution in [0.5, 0.6) is 11.5 Å². The molecule has 0 aliphatic rings. The second kappa shape index (κ2) is 6.39. The van der Waals surface area contributed by atoms with E-state index in [1.807, 2.05) is 0 Å². The number of Topliss-reactive ketones (excluding diaryl/α,β-unsaturated/α-hetero) is 1. The number of benzene rings is 1. The van der Waals surface area contributed by atoms with Crippen molar-refractivity contribution < 1.29 is 19.4 Å². The molecule has 0 unspecified atom stereocenters. The molecule has 1 rings (SSSR count). The minimum Gasteiger partial charge on any atom is -0.506 e. The number of hydrogen-bond donors (Lipinski definition) is 1. The molecule has 104 valence electrons. The van der Waals surface area contributed by atoms with E-state index in [0.717, 1.165) is 0 Å². The molecule has 1 N–H and O–H groups in total. The monoisotopic (exact) mass is 348 g/mol. The lowest BCUT2D eigenvalue weighted by Gasteiger charge is -2.14. The average molecular weight is 350 g/mol.